The van der Waals surface area contributed by atoms with Crippen LogP contribution in [0.15, 0.2) is 35.8 Å². The predicted molar refractivity (Wildman–Crippen MR) is 94.9 cm³/mol. The van der Waals surface area contributed by atoms with E-state index in [4.69, 9.17) is 4.74 Å². The summed E-state index contributed by atoms with van der Waals surface area (Å²) in [5.41, 5.74) is -0.00594. The normalized spacial score (nSPS) is 17.9. The van der Waals surface area contributed by atoms with Crippen molar-refractivity contribution in [2.75, 3.05) is 19.0 Å². The van der Waals surface area contributed by atoms with Crippen LogP contribution in [0.1, 0.15) is 6.42 Å². The zero-order chi connectivity index (χ0) is 18.4. The van der Waals surface area contributed by atoms with Gasteiger partial charge in [-0.15, -0.1) is 6.58 Å². The van der Waals surface area contributed by atoms with Crippen LogP contribution >= 0.6 is 11.8 Å². The van der Waals surface area contributed by atoms with Crippen molar-refractivity contribution in [3.05, 3.63) is 41.0 Å². The lowest BCUT2D eigenvalue weighted by Gasteiger charge is -2.11. The molecule has 25 heavy (non-hydrogen) atoms. The third-order valence-corrected chi connectivity index (χ3v) is 4.30. The average Bonchev–Trinajstić information content (AvgIpc) is 2.92. The maximum Gasteiger partial charge on any atom is 0.271 e. The number of thioether (sulfide) groups is 1. The summed E-state index contributed by atoms with van der Waals surface area (Å²) >= 11 is 1.16. The Morgan fingerprint density at radius 2 is 2.36 bits per heavy atom. The monoisotopic (exact) mass is 364 g/mol. The average molecular weight is 364 g/mol. The highest BCUT2D eigenvalue weighted by atomic mass is 32.2. The molecule has 1 heterocycles. The van der Waals surface area contributed by atoms with Crippen LogP contribution < -0.4 is 15.4 Å². The molecule has 0 bridgehead atoms. The summed E-state index contributed by atoms with van der Waals surface area (Å²) in [5, 5.41) is 15.8. The van der Waals surface area contributed by atoms with E-state index in [1.54, 1.807) is 6.08 Å². The number of carbonyl (C=O) groups excluding carboxylic acids is 2. The zero-order valence-electron chi connectivity index (χ0n) is 13.4. The number of hydrogen-bond acceptors (Lipinski definition) is 7. The minimum Gasteiger partial charge on any atom is -0.495 e. The molecule has 1 fully saturated rings. The molecule has 0 unspecified atom stereocenters. The molecular formula is C15H16N4O5S. The number of nitrogens with one attached hydrogen (secondary N) is 2. The van der Waals surface area contributed by atoms with Crippen LogP contribution in [0, 0.1) is 10.1 Å². The van der Waals surface area contributed by atoms with Gasteiger partial charge in [-0.3, -0.25) is 24.7 Å². The topological polar surface area (TPSA) is 123 Å². The van der Waals surface area contributed by atoms with Gasteiger partial charge in [-0.2, -0.15) is 0 Å². The van der Waals surface area contributed by atoms with Gasteiger partial charge in [0.25, 0.3) is 5.69 Å². The Bertz CT molecular complexity index is 749. The number of non-ortho nitro benzene ring substituents is 1. The molecule has 2 rings (SSSR count). The molecule has 1 aliphatic rings. The molecule has 1 aromatic carbocycles. The first-order chi connectivity index (χ1) is 11.9. The number of nitro benzene ring substituents is 1. The van der Waals surface area contributed by atoms with Crippen molar-refractivity contribution in [1.29, 1.82) is 0 Å². The number of nitrogens with zero attached hydrogens (tertiary/aromatic N) is 2. The molecule has 10 heteroatoms. The van der Waals surface area contributed by atoms with Gasteiger partial charge in [0.15, 0.2) is 5.17 Å². The Balaban J connectivity index is 2.05. The van der Waals surface area contributed by atoms with E-state index in [9.17, 15) is 19.7 Å². The van der Waals surface area contributed by atoms with Crippen molar-refractivity contribution in [2.45, 2.75) is 11.7 Å². The van der Waals surface area contributed by atoms with E-state index in [2.05, 4.69) is 22.2 Å². The Kier molecular flexibility index (Phi) is 6.12. The molecule has 1 atom stereocenters. The third-order valence-electron chi connectivity index (χ3n) is 3.18. The van der Waals surface area contributed by atoms with Crippen LogP contribution in [0.5, 0.6) is 5.75 Å². The van der Waals surface area contributed by atoms with Crippen molar-refractivity contribution >= 4 is 40.1 Å². The first-order valence-electron chi connectivity index (χ1n) is 7.19. The summed E-state index contributed by atoms with van der Waals surface area (Å²) in [6, 6.07) is 3.87. The second kappa shape index (κ2) is 8.29. The van der Waals surface area contributed by atoms with Crippen LogP contribution in [0.4, 0.5) is 11.4 Å². The summed E-state index contributed by atoms with van der Waals surface area (Å²) in [6.07, 6.45) is 1.49. The summed E-state index contributed by atoms with van der Waals surface area (Å²) in [7, 11) is 1.39. The highest BCUT2D eigenvalue weighted by Crippen LogP contribution is 2.30. The van der Waals surface area contributed by atoms with E-state index in [-0.39, 0.29) is 29.5 Å². The maximum atomic E-state index is 12.2. The number of anilines is 1. The largest absolute Gasteiger partial charge is 0.495 e. The highest BCUT2D eigenvalue weighted by molar-refractivity contribution is 8.15. The molecule has 132 valence electrons. The Morgan fingerprint density at radius 3 is 3.00 bits per heavy atom. The van der Waals surface area contributed by atoms with Crippen molar-refractivity contribution in [1.82, 2.24) is 5.32 Å². The quantitative estimate of drug-likeness (QED) is 0.431. The van der Waals surface area contributed by atoms with Crippen LogP contribution in [0.3, 0.4) is 0 Å². The second-order valence-corrected chi connectivity index (χ2v) is 6.12. The lowest BCUT2D eigenvalue weighted by atomic mass is 10.2. The molecule has 2 N–H and O–H groups in total. The fraction of sp³-hybridized carbons (Fsp3) is 0.267. The lowest BCUT2D eigenvalue weighted by molar-refractivity contribution is -0.384. The molecule has 1 aliphatic heterocycles. The number of benzene rings is 1. The van der Waals surface area contributed by atoms with E-state index in [1.807, 2.05) is 0 Å². The molecule has 9 nitrogen and oxygen atoms in total. The fourth-order valence-corrected chi connectivity index (χ4v) is 3.02. The number of hydrogen-bond donors (Lipinski definition) is 2. The Hall–Kier alpha value is -2.88. The number of rotatable bonds is 7. The van der Waals surface area contributed by atoms with Gasteiger partial charge in [0.05, 0.1) is 24.3 Å². The molecule has 1 saturated heterocycles. The predicted octanol–water partition coefficient (Wildman–Crippen LogP) is 1.71. The van der Waals surface area contributed by atoms with Crippen LogP contribution in [-0.2, 0) is 9.59 Å². The van der Waals surface area contributed by atoms with Gasteiger partial charge >= 0.3 is 0 Å². The number of aliphatic imine (C=N–C) groups is 1. The van der Waals surface area contributed by atoms with Crippen LogP contribution in [0.25, 0.3) is 0 Å². The summed E-state index contributed by atoms with van der Waals surface area (Å²) < 4.78 is 5.08. The van der Waals surface area contributed by atoms with E-state index < -0.39 is 16.1 Å². The van der Waals surface area contributed by atoms with Crippen LogP contribution in [-0.4, -0.2) is 40.8 Å². The fourth-order valence-electron chi connectivity index (χ4n) is 2.04. The summed E-state index contributed by atoms with van der Waals surface area (Å²) in [6.45, 7) is 3.91. The standard InChI is InChI=1S/C15H16N4O5S/c1-3-6-16-15-18-14(21)12(25-15)8-13(20)17-10-7-9(19(22)23)4-5-11(10)24-2/h3-5,7,12H,1,6,8H2,2H3,(H,17,20)(H,16,18,21)/t12-/m0/s1. The maximum absolute atomic E-state index is 12.2. The van der Waals surface area contributed by atoms with E-state index in [0.29, 0.717) is 11.7 Å². The van der Waals surface area contributed by atoms with Crippen molar-refractivity contribution < 1.29 is 19.2 Å². The second-order valence-electron chi connectivity index (χ2n) is 4.92. The molecule has 1 aromatic rings. The first-order valence-corrected chi connectivity index (χ1v) is 8.07. The number of ether oxygens (including phenoxy) is 1. The number of amides is 2. The summed E-state index contributed by atoms with van der Waals surface area (Å²) in [5.74, 6) is -0.485. The summed E-state index contributed by atoms with van der Waals surface area (Å²) in [4.78, 5) is 38.4. The van der Waals surface area contributed by atoms with Gasteiger partial charge in [-0.25, -0.2) is 0 Å². The van der Waals surface area contributed by atoms with Gasteiger partial charge in [0.2, 0.25) is 11.8 Å². The Labute approximate surface area is 147 Å². The SMILES string of the molecule is C=CCN=C1NC(=O)[C@H](CC(=O)Nc2cc([N+](=O)[O-])ccc2OC)S1. The van der Waals surface area contributed by atoms with Crippen molar-refractivity contribution in [2.24, 2.45) is 4.99 Å². The van der Waals surface area contributed by atoms with Gasteiger partial charge in [0.1, 0.15) is 11.0 Å². The molecule has 0 saturated carbocycles. The van der Waals surface area contributed by atoms with Gasteiger partial charge in [-0.05, 0) is 6.07 Å². The van der Waals surface area contributed by atoms with Gasteiger partial charge in [0, 0.05) is 18.6 Å². The van der Waals surface area contributed by atoms with E-state index in [0.717, 1.165) is 11.8 Å². The van der Waals surface area contributed by atoms with Crippen molar-refractivity contribution in [3.63, 3.8) is 0 Å². The molecule has 0 spiro atoms. The van der Waals surface area contributed by atoms with Gasteiger partial charge < -0.3 is 15.4 Å². The number of methoxy groups -OCH3 is 1. The van der Waals surface area contributed by atoms with Crippen molar-refractivity contribution in [3.8, 4) is 5.75 Å². The molecule has 0 aromatic heterocycles. The smallest absolute Gasteiger partial charge is 0.271 e. The lowest BCUT2D eigenvalue weighted by Crippen LogP contribution is -2.28. The molecule has 0 aliphatic carbocycles. The van der Waals surface area contributed by atoms with Gasteiger partial charge in [-0.1, -0.05) is 17.8 Å². The van der Waals surface area contributed by atoms with Crippen LogP contribution in [0.2, 0.25) is 0 Å². The Morgan fingerprint density at radius 1 is 1.60 bits per heavy atom. The number of nitro groups is 1. The van der Waals surface area contributed by atoms with E-state index in [1.165, 1.54) is 25.3 Å². The minimum atomic E-state index is -0.617. The first kappa shape index (κ1) is 18.5. The molecular weight excluding hydrogens is 348 g/mol. The number of amidine groups is 1. The zero-order valence-corrected chi connectivity index (χ0v) is 14.2. The molecule has 2 amide bonds. The highest BCUT2D eigenvalue weighted by Gasteiger charge is 2.32. The number of carbonyl (C=O) groups is 2. The third kappa shape index (κ3) is 4.80. The molecule has 0 radical (unpaired) electrons. The van der Waals surface area contributed by atoms with E-state index >= 15 is 0 Å². The minimum absolute atomic E-state index is 0.102.